The number of rotatable bonds is 7. The maximum Gasteiger partial charge on any atom is 0.338 e. The third-order valence-corrected chi connectivity index (χ3v) is 6.43. The Balaban J connectivity index is 1.74. The van der Waals surface area contributed by atoms with Gasteiger partial charge in [0.15, 0.2) is 6.10 Å². The van der Waals surface area contributed by atoms with Crippen LogP contribution in [0.2, 0.25) is 0 Å². The molecule has 1 atom stereocenters. The minimum absolute atomic E-state index is 0.0512. The number of piperidine rings is 1. The SMILES string of the molecule is COc1ccc(C(=O)O[C@H](C)C(=O)N2CCCCC2)cc1S(=O)(=O)NC1CC1. The predicted octanol–water partition coefficient (Wildman–Crippen LogP) is 1.69. The molecule has 8 nitrogen and oxygen atoms in total. The third kappa shape index (κ3) is 4.82. The lowest BCUT2D eigenvalue weighted by Gasteiger charge is -2.28. The van der Waals surface area contributed by atoms with Crippen LogP contribution in [-0.2, 0) is 19.6 Å². The number of nitrogens with one attached hydrogen (secondary N) is 1. The smallest absolute Gasteiger partial charge is 0.338 e. The average molecular weight is 410 g/mol. The van der Waals surface area contributed by atoms with Gasteiger partial charge in [0.05, 0.1) is 12.7 Å². The summed E-state index contributed by atoms with van der Waals surface area (Å²) in [6, 6.07) is 3.99. The summed E-state index contributed by atoms with van der Waals surface area (Å²) in [5.41, 5.74) is 0.0512. The van der Waals surface area contributed by atoms with E-state index in [0.29, 0.717) is 13.1 Å². The maximum absolute atomic E-state index is 12.6. The third-order valence-electron chi connectivity index (χ3n) is 4.89. The Labute approximate surface area is 165 Å². The summed E-state index contributed by atoms with van der Waals surface area (Å²) in [6.45, 7) is 2.86. The van der Waals surface area contributed by atoms with Gasteiger partial charge in [-0.05, 0) is 57.2 Å². The number of sulfonamides is 1. The van der Waals surface area contributed by atoms with E-state index in [1.165, 1.54) is 32.2 Å². The molecule has 2 aliphatic rings. The second-order valence-corrected chi connectivity index (χ2v) is 8.88. The molecule has 0 aromatic heterocycles. The van der Waals surface area contributed by atoms with Crippen molar-refractivity contribution < 1.29 is 27.5 Å². The highest BCUT2D eigenvalue weighted by atomic mass is 32.2. The number of likely N-dealkylation sites (tertiary alicyclic amines) is 1. The fourth-order valence-electron chi connectivity index (χ4n) is 3.15. The summed E-state index contributed by atoms with van der Waals surface area (Å²) in [5.74, 6) is -0.838. The summed E-state index contributed by atoms with van der Waals surface area (Å²) >= 11 is 0. The Morgan fingerprint density at radius 2 is 1.86 bits per heavy atom. The lowest BCUT2D eigenvalue weighted by molar-refractivity contribution is -0.140. The number of amides is 1. The van der Waals surface area contributed by atoms with Crippen molar-refractivity contribution in [3.8, 4) is 5.75 Å². The predicted molar refractivity (Wildman–Crippen MR) is 102 cm³/mol. The lowest BCUT2D eigenvalue weighted by Crippen LogP contribution is -2.42. The Morgan fingerprint density at radius 3 is 2.46 bits per heavy atom. The molecule has 154 valence electrons. The van der Waals surface area contributed by atoms with E-state index in [1.807, 2.05) is 0 Å². The second-order valence-electron chi connectivity index (χ2n) is 7.19. The number of hydrogen-bond acceptors (Lipinski definition) is 6. The number of hydrogen-bond donors (Lipinski definition) is 1. The van der Waals surface area contributed by atoms with Crippen LogP contribution in [0.1, 0.15) is 49.4 Å². The lowest BCUT2D eigenvalue weighted by atomic mass is 10.1. The summed E-state index contributed by atoms with van der Waals surface area (Å²) in [4.78, 5) is 26.5. The Bertz CT molecular complexity index is 844. The second kappa shape index (κ2) is 8.48. The van der Waals surface area contributed by atoms with E-state index in [2.05, 4.69) is 4.72 Å². The van der Waals surface area contributed by atoms with Crippen molar-refractivity contribution in [1.29, 1.82) is 0 Å². The summed E-state index contributed by atoms with van der Waals surface area (Å²) < 4.78 is 38.1. The van der Waals surface area contributed by atoms with Gasteiger partial charge < -0.3 is 14.4 Å². The molecule has 1 saturated heterocycles. The molecule has 1 aliphatic heterocycles. The number of benzene rings is 1. The minimum Gasteiger partial charge on any atom is -0.495 e. The molecule has 1 aromatic carbocycles. The van der Waals surface area contributed by atoms with Gasteiger partial charge in [0.1, 0.15) is 10.6 Å². The van der Waals surface area contributed by atoms with E-state index >= 15 is 0 Å². The molecule has 1 N–H and O–H groups in total. The van der Waals surface area contributed by atoms with Crippen molar-refractivity contribution in [3.63, 3.8) is 0 Å². The van der Waals surface area contributed by atoms with Gasteiger partial charge >= 0.3 is 5.97 Å². The van der Waals surface area contributed by atoms with Crippen LogP contribution in [0.15, 0.2) is 23.1 Å². The Morgan fingerprint density at radius 1 is 1.18 bits per heavy atom. The average Bonchev–Trinajstić information content (AvgIpc) is 3.50. The number of carbonyl (C=O) groups is 2. The molecule has 1 heterocycles. The van der Waals surface area contributed by atoms with Gasteiger partial charge in [0.2, 0.25) is 10.0 Å². The zero-order valence-electron chi connectivity index (χ0n) is 16.1. The number of methoxy groups -OCH3 is 1. The van der Waals surface area contributed by atoms with E-state index in [4.69, 9.17) is 9.47 Å². The maximum atomic E-state index is 12.6. The normalized spacial score (nSPS) is 18.4. The van der Waals surface area contributed by atoms with Crippen molar-refractivity contribution in [2.75, 3.05) is 20.2 Å². The quantitative estimate of drug-likeness (QED) is 0.687. The van der Waals surface area contributed by atoms with Crippen LogP contribution < -0.4 is 9.46 Å². The van der Waals surface area contributed by atoms with Gasteiger partial charge in [-0.3, -0.25) is 4.79 Å². The van der Waals surface area contributed by atoms with Crippen LogP contribution in [-0.4, -0.2) is 57.5 Å². The topological polar surface area (TPSA) is 102 Å². The molecule has 0 bridgehead atoms. The minimum atomic E-state index is -3.82. The van der Waals surface area contributed by atoms with Crippen molar-refractivity contribution >= 4 is 21.9 Å². The van der Waals surface area contributed by atoms with E-state index < -0.39 is 22.1 Å². The van der Waals surface area contributed by atoms with Gasteiger partial charge in [-0.15, -0.1) is 0 Å². The molecule has 28 heavy (non-hydrogen) atoms. The summed E-state index contributed by atoms with van der Waals surface area (Å²) in [6.07, 6.45) is 3.63. The number of carbonyl (C=O) groups excluding carboxylic acids is 2. The Hall–Kier alpha value is -2.13. The molecule has 1 aliphatic carbocycles. The zero-order chi connectivity index (χ0) is 20.3. The molecule has 0 spiro atoms. The molecular formula is C19H26N2O6S. The summed E-state index contributed by atoms with van der Waals surface area (Å²) in [7, 11) is -2.45. The number of ether oxygens (including phenoxy) is 2. The molecule has 2 fully saturated rings. The van der Waals surface area contributed by atoms with Gasteiger partial charge in [-0.1, -0.05) is 0 Å². The fourth-order valence-corrected chi connectivity index (χ4v) is 4.65. The van der Waals surface area contributed by atoms with Crippen LogP contribution in [0.5, 0.6) is 5.75 Å². The highest BCUT2D eigenvalue weighted by Crippen LogP contribution is 2.28. The van der Waals surface area contributed by atoms with E-state index in [0.717, 1.165) is 32.1 Å². The zero-order valence-corrected chi connectivity index (χ0v) is 17.0. The van der Waals surface area contributed by atoms with Gasteiger partial charge in [-0.25, -0.2) is 17.9 Å². The number of nitrogens with zero attached hydrogens (tertiary/aromatic N) is 1. The highest BCUT2D eigenvalue weighted by molar-refractivity contribution is 7.89. The van der Waals surface area contributed by atoms with Crippen molar-refractivity contribution in [1.82, 2.24) is 9.62 Å². The van der Waals surface area contributed by atoms with Gasteiger partial charge in [0, 0.05) is 19.1 Å². The van der Waals surface area contributed by atoms with Crippen molar-refractivity contribution in [2.24, 2.45) is 0 Å². The van der Waals surface area contributed by atoms with Crippen molar-refractivity contribution in [3.05, 3.63) is 23.8 Å². The monoisotopic (exact) mass is 410 g/mol. The first-order valence-electron chi connectivity index (χ1n) is 9.52. The molecule has 3 rings (SSSR count). The molecular weight excluding hydrogens is 384 g/mol. The molecule has 0 unspecified atom stereocenters. The molecule has 1 amide bonds. The van der Waals surface area contributed by atoms with Crippen LogP contribution in [0.25, 0.3) is 0 Å². The van der Waals surface area contributed by atoms with Crippen LogP contribution in [0, 0.1) is 0 Å². The molecule has 1 saturated carbocycles. The summed E-state index contributed by atoms with van der Waals surface area (Å²) in [5, 5.41) is 0. The van der Waals surface area contributed by atoms with E-state index in [9.17, 15) is 18.0 Å². The molecule has 0 radical (unpaired) electrons. The van der Waals surface area contributed by atoms with Crippen LogP contribution in [0.3, 0.4) is 0 Å². The first kappa shape index (κ1) is 20.6. The standard InChI is InChI=1S/C19H26N2O6S/c1-13(18(22)21-10-4-3-5-11-21)27-19(23)14-6-9-16(26-2)17(12-14)28(24,25)20-15-7-8-15/h6,9,12-13,15,20H,3-5,7-8,10-11H2,1-2H3/t13-/m1/s1. The van der Waals surface area contributed by atoms with Gasteiger partial charge in [-0.2, -0.15) is 0 Å². The van der Waals surface area contributed by atoms with Crippen molar-refractivity contribution in [2.45, 2.75) is 56.1 Å². The highest BCUT2D eigenvalue weighted by Gasteiger charge is 2.31. The first-order valence-corrected chi connectivity index (χ1v) is 11.0. The van der Waals surface area contributed by atoms with E-state index in [-0.39, 0.29) is 28.2 Å². The van der Waals surface area contributed by atoms with E-state index in [1.54, 1.807) is 4.90 Å². The Kier molecular flexibility index (Phi) is 6.24. The molecule has 9 heteroatoms. The first-order chi connectivity index (χ1) is 13.3. The van der Waals surface area contributed by atoms with Gasteiger partial charge in [0.25, 0.3) is 5.91 Å². The number of esters is 1. The molecule has 1 aromatic rings. The van der Waals surface area contributed by atoms with Crippen LogP contribution >= 0.6 is 0 Å². The fraction of sp³-hybridized carbons (Fsp3) is 0.579. The van der Waals surface area contributed by atoms with Crippen LogP contribution in [0.4, 0.5) is 0 Å². The largest absolute Gasteiger partial charge is 0.495 e.